The molecule has 3 rings (SSSR count). The van der Waals surface area contributed by atoms with Gasteiger partial charge in [0.2, 0.25) is 5.13 Å². The lowest BCUT2D eigenvalue weighted by atomic mass is 10.2. The number of carbonyl (C=O) groups is 1. The highest BCUT2D eigenvalue weighted by Crippen LogP contribution is 2.17. The van der Waals surface area contributed by atoms with E-state index in [2.05, 4.69) is 15.5 Å². The van der Waals surface area contributed by atoms with Gasteiger partial charge in [-0.15, -0.1) is 10.2 Å². The Kier molecular flexibility index (Phi) is 5.30. The van der Waals surface area contributed by atoms with E-state index in [-0.39, 0.29) is 12.5 Å². The van der Waals surface area contributed by atoms with E-state index >= 15 is 0 Å². The first-order valence-corrected chi connectivity index (χ1v) is 8.55. The summed E-state index contributed by atoms with van der Waals surface area (Å²) in [5, 5.41) is 11.7. The molecule has 0 aliphatic rings. The average molecular weight is 358 g/mol. The van der Waals surface area contributed by atoms with Gasteiger partial charge in [-0.1, -0.05) is 29.0 Å². The van der Waals surface area contributed by atoms with Gasteiger partial charge in [0.25, 0.3) is 5.91 Å². The fourth-order valence-electron chi connectivity index (χ4n) is 2.18. The molecule has 0 aliphatic carbocycles. The fraction of sp³-hybridized carbons (Fsp3) is 0.235. The Morgan fingerprint density at radius 2 is 2.08 bits per heavy atom. The molecule has 130 valence electrons. The molecule has 3 N–H and O–H groups in total. The molecule has 2 aromatic heterocycles. The SMILES string of the molecule is Cc1ccc(OCc2occc2C(=O)NCCc2nnc(N)s2)cc1. The van der Waals surface area contributed by atoms with Crippen molar-refractivity contribution >= 4 is 22.4 Å². The van der Waals surface area contributed by atoms with Gasteiger partial charge in [0, 0.05) is 13.0 Å². The molecule has 8 heteroatoms. The normalized spacial score (nSPS) is 10.6. The summed E-state index contributed by atoms with van der Waals surface area (Å²) in [7, 11) is 0. The van der Waals surface area contributed by atoms with Crippen LogP contribution in [-0.4, -0.2) is 22.6 Å². The zero-order valence-corrected chi connectivity index (χ0v) is 14.5. The predicted octanol–water partition coefficient (Wildman–Crippen LogP) is 2.57. The maximum atomic E-state index is 12.3. The highest BCUT2D eigenvalue weighted by molar-refractivity contribution is 7.15. The second-order valence-electron chi connectivity index (χ2n) is 5.40. The summed E-state index contributed by atoms with van der Waals surface area (Å²) in [6.45, 7) is 2.64. The van der Waals surface area contributed by atoms with Crippen LogP contribution in [0.2, 0.25) is 0 Å². The Bertz CT molecular complexity index is 842. The Balaban J connectivity index is 1.53. The lowest BCUT2D eigenvalue weighted by Crippen LogP contribution is -2.26. The summed E-state index contributed by atoms with van der Waals surface area (Å²) >= 11 is 1.31. The van der Waals surface area contributed by atoms with E-state index in [9.17, 15) is 4.79 Å². The van der Waals surface area contributed by atoms with Gasteiger partial charge in [-0.3, -0.25) is 4.79 Å². The third-order valence-corrected chi connectivity index (χ3v) is 4.30. The van der Waals surface area contributed by atoms with Crippen LogP contribution in [0.3, 0.4) is 0 Å². The molecule has 0 saturated heterocycles. The first-order valence-electron chi connectivity index (χ1n) is 7.73. The van der Waals surface area contributed by atoms with E-state index in [1.165, 1.54) is 17.6 Å². The third kappa shape index (κ3) is 4.57. The minimum atomic E-state index is -0.214. The molecule has 0 unspecified atom stereocenters. The van der Waals surface area contributed by atoms with Crippen LogP contribution in [0.15, 0.2) is 41.0 Å². The van der Waals surface area contributed by atoms with E-state index in [1.54, 1.807) is 6.07 Å². The molecule has 0 atom stereocenters. The van der Waals surface area contributed by atoms with E-state index in [0.717, 1.165) is 16.3 Å². The largest absolute Gasteiger partial charge is 0.486 e. The minimum Gasteiger partial charge on any atom is -0.486 e. The van der Waals surface area contributed by atoms with Crippen molar-refractivity contribution in [3.8, 4) is 5.75 Å². The molecule has 0 saturated carbocycles. The first-order chi connectivity index (χ1) is 12.1. The quantitative estimate of drug-likeness (QED) is 0.673. The van der Waals surface area contributed by atoms with Gasteiger partial charge < -0.3 is 20.2 Å². The molecule has 0 bridgehead atoms. The number of hydrogen-bond donors (Lipinski definition) is 2. The van der Waals surface area contributed by atoms with Crippen molar-refractivity contribution < 1.29 is 13.9 Å². The van der Waals surface area contributed by atoms with Crippen LogP contribution < -0.4 is 15.8 Å². The number of nitrogens with zero attached hydrogens (tertiary/aromatic N) is 2. The van der Waals surface area contributed by atoms with Gasteiger partial charge >= 0.3 is 0 Å². The lowest BCUT2D eigenvalue weighted by molar-refractivity contribution is 0.0949. The topological polar surface area (TPSA) is 103 Å². The van der Waals surface area contributed by atoms with Crippen LogP contribution in [0.5, 0.6) is 5.75 Å². The van der Waals surface area contributed by atoms with Crippen LogP contribution >= 0.6 is 11.3 Å². The summed E-state index contributed by atoms with van der Waals surface area (Å²) in [6, 6.07) is 9.32. The number of nitrogens with two attached hydrogens (primary N) is 1. The molecule has 0 aliphatic heterocycles. The Labute approximate surface area is 148 Å². The molecule has 2 heterocycles. The molecular formula is C17H18N4O3S. The lowest BCUT2D eigenvalue weighted by Gasteiger charge is -2.07. The van der Waals surface area contributed by atoms with Crippen molar-refractivity contribution in [3.63, 3.8) is 0 Å². The van der Waals surface area contributed by atoms with Gasteiger partial charge in [0.15, 0.2) is 5.76 Å². The summed E-state index contributed by atoms with van der Waals surface area (Å²) in [5.74, 6) is 0.995. The number of benzene rings is 1. The number of aromatic nitrogens is 2. The molecule has 0 fully saturated rings. The Morgan fingerprint density at radius 3 is 2.80 bits per heavy atom. The van der Waals surface area contributed by atoms with Crippen molar-refractivity contribution in [1.29, 1.82) is 0 Å². The van der Waals surface area contributed by atoms with E-state index in [4.69, 9.17) is 14.9 Å². The number of amides is 1. The van der Waals surface area contributed by atoms with Crippen molar-refractivity contribution in [2.24, 2.45) is 0 Å². The maximum absolute atomic E-state index is 12.3. The number of hydrogen-bond acceptors (Lipinski definition) is 7. The molecule has 1 amide bonds. The van der Waals surface area contributed by atoms with Crippen LogP contribution in [0.4, 0.5) is 5.13 Å². The van der Waals surface area contributed by atoms with E-state index in [0.29, 0.717) is 29.4 Å². The summed E-state index contributed by atoms with van der Waals surface area (Å²) in [4.78, 5) is 12.3. The minimum absolute atomic E-state index is 0.186. The average Bonchev–Trinajstić information content (AvgIpc) is 3.23. The number of furan rings is 1. The van der Waals surface area contributed by atoms with E-state index in [1.807, 2.05) is 31.2 Å². The van der Waals surface area contributed by atoms with Crippen LogP contribution in [0.25, 0.3) is 0 Å². The van der Waals surface area contributed by atoms with Gasteiger partial charge in [0.1, 0.15) is 17.4 Å². The van der Waals surface area contributed by atoms with Crippen LogP contribution in [0, 0.1) is 6.92 Å². The number of carbonyl (C=O) groups excluding carboxylic acids is 1. The Morgan fingerprint density at radius 1 is 1.28 bits per heavy atom. The van der Waals surface area contributed by atoms with Gasteiger partial charge in [0.05, 0.1) is 11.8 Å². The molecule has 0 spiro atoms. The fourth-order valence-corrected chi connectivity index (χ4v) is 2.79. The monoisotopic (exact) mass is 358 g/mol. The second kappa shape index (κ2) is 7.80. The second-order valence-corrected chi connectivity index (χ2v) is 6.49. The maximum Gasteiger partial charge on any atom is 0.254 e. The molecule has 25 heavy (non-hydrogen) atoms. The smallest absolute Gasteiger partial charge is 0.254 e. The zero-order chi connectivity index (χ0) is 17.6. The van der Waals surface area contributed by atoms with Crippen LogP contribution in [0.1, 0.15) is 26.7 Å². The van der Waals surface area contributed by atoms with Crippen molar-refractivity contribution in [2.45, 2.75) is 20.0 Å². The summed E-state index contributed by atoms with van der Waals surface area (Å²) < 4.78 is 11.0. The van der Waals surface area contributed by atoms with Crippen molar-refractivity contribution in [1.82, 2.24) is 15.5 Å². The highest BCUT2D eigenvalue weighted by Gasteiger charge is 2.15. The zero-order valence-electron chi connectivity index (χ0n) is 13.7. The molecule has 0 radical (unpaired) electrons. The van der Waals surface area contributed by atoms with Gasteiger partial charge in [-0.2, -0.15) is 0 Å². The molecule has 3 aromatic rings. The predicted molar refractivity (Wildman–Crippen MR) is 94.6 cm³/mol. The first kappa shape index (κ1) is 17.0. The number of ether oxygens (including phenoxy) is 1. The number of aryl methyl sites for hydroxylation is 1. The molecule has 1 aromatic carbocycles. The van der Waals surface area contributed by atoms with Crippen molar-refractivity contribution in [2.75, 3.05) is 12.3 Å². The molecule has 7 nitrogen and oxygen atoms in total. The third-order valence-electron chi connectivity index (χ3n) is 3.49. The number of nitrogen functional groups attached to an aromatic ring is 1. The van der Waals surface area contributed by atoms with Crippen molar-refractivity contribution in [3.05, 3.63) is 58.5 Å². The van der Waals surface area contributed by atoms with Crippen LogP contribution in [-0.2, 0) is 13.0 Å². The van der Waals surface area contributed by atoms with E-state index < -0.39 is 0 Å². The summed E-state index contributed by atoms with van der Waals surface area (Å²) in [5.41, 5.74) is 7.15. The highest BCUT2D eigenvalue weighted by atomic mass is 32.1. The van der Waals surface area contributed by atoms with Gasteiger partial charge in [-0.25, -0.2) is 0 Å². The van der Waals surface area contributed by atoms with Gasteiger partial charge in [-0.05, 0) is 25.1 Å². The molecular weight excluding hydrogens is 340 g/mol. The Hall–Kier alpha value is -2.87. The standard InChI is InChI=1S/C17H18N4O3S/c1-11-2-4-12(5-3-11)24-10-14-13(7-9-23-14)16(22)19-8-6-15-20-21-17(18)25-15/h2-5,7,9H,6,8,10H2,1H3,(H2,18,21)(H,19,22). The number of anilines is 1. The summed E-state index contributed by atoms with van der Waals surface area (Å²) in [6.07, 6.45) is 2.06. The number of nitrogens with one attached hydrogen (secondary N) is 1. The number of rotatable bonds is 7.